The van der Waals surface area contributed by atoms with Crippen LogP contribution in [0.4, 0.5) is 4.79 Å². The summed E-state index contributed by atoms with van der Waals surface area (Å²) in [5.74, 6) is -0.315. The minimum absolute atomic E-state index is 0.0673. The molecule has 0 bridgehead atoms. The Morgan fingerprint density at radius 2 is 1.70 bits per heavy atom. The van der Waals surface area contributed by atoms with E-state index in [1.54, 1.807) is 6.07 Å². The van der Waals surface area contributed by atoms with Gasteiger partial charge < -0.3 is 14.8 Å². The molecule has 5 heteroatoms. The minimum Gasteiger partial charge on any atom is -0.456 e. The Hall–Kier alpha value is -2.30. The van der Waals surface area contributed by atoms with Gasteiger partial charge in [-0.25, -0.2) is 9.59 Å². The van der Waals surface area contributed by atoms with Gasteiger partial charge in [0.05, 0.1) is 5.56 Å². The van der Waals surface area contributed by atoms with Crippen molar-refractivity contribution in [3.8, 4) is 0 Å². The zero-order valence-electron chi connectivity index (χ0n) is 17.2. The third-order valence-electron chi connectivity index (χ3n) is 4.00. The van der Waals surface area contributed by atoms with Crippen LogP contribution in [0.1, 0.15) is 76.7 Å². The van der Waals surface area contributed by atoms with E-state index in [0.717, 1.165) is 24.8 Å². The van der Waals surface area contributed by atoms with Gasteiger partial charge in [-0.15, -0.1) is 0 Å². The summed E-state index contributed by atoms with van der Waals surface area (Å²) in [4.78, 5) is 24.2. The van der Waals surface area contributed by atoms with Crippen molar-refractivity contribution in [1.29, 1.82) is 0 Å². The molecule has 2 rings (SSSR count). The monoisotopic (exact) mass is 373 g/mol. The normalized spacial score (nSPS) is 17.7. The lowest BCUT2D eigenvalue weighted by molar-refractivity contribution is 0.00691. The first-order valence-corrected chi connectivity index (χ1v) is 9.45. The van der Waals surface area contributed by atoms with Crippen LogP contribution < -0.4 is 5.32 Å². The predicted octanol–water partition coefficient (Wildman–Crippen LogP) is 5.10. The second kappa shape index (κ2) is 8.15. The highest BCUT2D eigenvalue weighted by Crippen LogP contribution is 2.28. The number of nitrogens with one attached hydrogen (secondary N) is 1. The molecule has 0 spiro atoms. The molecule has 1 aromatic carbocycles. The van der Waals surface area contributed by atoms with E-state index in [2.05, 4.69) is 11.4 Å². The van der Waals surface area contributed by atoms with Crippen LogP contribution in [0.25, 0.3) is 5.57 Å². The molecule has 5 nitrogen and oxygen atoms in total. The minimum atomic E-state index is -0.516. The summed E-state index contributed by atoms with van der Waals surface area (Å²) < 4.78 is 10.8. The van der Waals surface area contributed by atoms with Crippen molar-refractivity contribution in [2.45, 2.75) is 78.0 Å². The molecular formula is C22H31NO4. The van der Waals surface area contributed by atoms with Gasteiger partial charge in [0, 0.05) is 6.04 Å². The molecule has 0 saturated carbocycles. The Kier molecular flexibility index (Phi) is 6.34. The molecule has 0 fully saturated rings. The van der Waals surface area contributed by atoms with E-state index >= 15 is 0 Å². The number of allylic oxidation sites excluding steroid dienone is 1. The molecule has 1 amide bonds. The fourth-order valence-corrected chi connectivity index (χ4v) is 2.88. The number of ether oxygens (including phenoxy) is 2. The molecule has 1 N–H and O–H groups in total. The fourth-order valence-electron chi connectivity index (χ4n) is 2.88. The summed E-state index contributed by atoms with van der Waals surface area (Å²) in [6.45, 7) is 11.1. The fraction of sp³-hybridized carbons (Fsp3) is 0.545. The van der Waals surface area contributed by atoms with Crippen LogP contribution in [0.5, 0.6) is 0 Å². The Bertz CT molecular complexity index is 723. The van der Waals surface area contributed by atoms with Gasteiger partial charge in [0.15, 0.2) is 0 Å². The van der Waals surface area contributed by atoms with Gasteiger partial charge in [-0.3, -0.25) is 0 Å². The smallest absolute Gasteiger partial charge is 0.407 e. The second-order valence-electron chi connectivity index (χ2n) is 8.93. The molecule has 27 heavy (non-hydrogen) atoms. The first-order valence-electron chi connectivity index (χ1n) is 9.45. The van der Waals surface area contributed by atoms with Gasteiger partial charge in [-0.1, -0.05) is 18.2 Å². The van der Waals surface area contributed by atoms with Crippen molar-refractivity contribution in [3.63, 3.8) is 0 Å². The lowest BCUT2D eigenvalue weighted by Gasteiger charge is -2.26. The average molecular weight is 373 g/mol. The Labute approximate surface area is 162 Å². The summed E-state index contributed by atoms with van der Waals surface area (Å²) in [6.07, 6.45) is 4.15. The van der Waals surface area contributed by atoms with E-state index in [4.69, 9.17) is 9.47 Å². The van der Waals surface area contributed by atoms with E-state index in [1.807, 2.05) is 59.7 Å². The third kappa shape index (κ3) is 7.08. The molecular weight excluding hydrogens is 342 g/mol. The number of carbonyl (C=O) groups excluding carboxylic acids is 2. The van der Waals surface area contributed by atoms with Crippen molar-refractivity contribution in [2.75, 3.05) is 0 Å². The maximum Gasteiger partial charge on any atom is 0.407 e. The van der Waals surface area contributed by atoms with Crippen molar-refractivity contribution >= 4 is 17.6 Å². The topological polar surface area (TPSA) is 64.6 Å². The molecule has 0 aromatic heterocycles. The first-order chi connectivity index (χ1) is 12.4. The number of amides is 1. The molecule has 0 heterocycles. The van der Waals surface area contributed by atoms with E-state index in [1.165, 1.54) is 5.57 Å². The highest BCUT2D eigenvalue weighted by Gasteiger charge is 2.22. The van der Waals surface area contributed by atoms with Crippen LogP contribution in [-0.4, -0.2) is 29.3 Å². The SMILES string of the molecule is CC(C)(C)OC(=O)NC1CC=C(c2cccc(C(=O)OC(C)(C)C)c2)CC1. The van der Waals surface area contributed by atoms with Crippen molar-refractivity contribution < 1.29 is 19.1 Å². The number of carbonyl (C=O) groups is 2. The Balaban J connectivity index is 2.00. The van der Waals surface area contributed by atoms with Crippen molar-refractivity contribution in [2.24, 2.45) is 0 Å². The van der Waals surface area contributed by atoms with Gasteiger partial charge in [-0.05, 0) is 84.1 Å². The maximum atomic E-state index is 12.3. The number of esters is 1. The molecule has 0 radical (unpaired) electrons. The number of alkyl carbamates (subject to hydrolysis) is 1. The van der Waals surface area contributed by atoms with Gasteiger partial charge >= 0.3 is 12.1 Å². The predicted molar refractivity (Wildman–Crippen MR) is 107 cm³/mol. The van der Waals surface area contributed by atoms with Crippen LogP contribution in [-0.2, 0) is 9.47 Å². The summed E-state index contributed by atoms with van der Waals surface area (Å²) in [5, 5.41) is 2.92. The molecule has 0 aliphatic heterocycles. The average Bonchev–Trinajstić information content (AvgIpc) is 2.52. The van der Waals surface area contributed by atoms with Crippen molar-refractivity contribution in [3.05, 3.63) is 41.5 Å². The van der Waals surface area contributed by atoms with Crippen LogP contribution in [0.3, 0.4) is 0 Å². The van der Waals surface area contributed by atoms with E-state index in [0.29, 0.717) is 5.56 Å². The zero-order chi connectivity index (χ0) is 20.2. The Morgan fingerprint density at radius 3 is 2.26 bits per heavy atom. The summed E-state index contributed by atoms with van der Waals surface area (Å²) in [5.41, 5.74) is 1.74. The van der Waals surface area contributed by atoms with Gasteiger partial charge in [0.1, 0.15) is 11.2 Å². The van der Waals surface area contributed by atoms with E-state index < -0.39 is 11.2 Å². The molecule has 1 aliphatic rings. The van der Waals surface area contributed by atoms with Crippen LogP contribution in [0.2, 0.25) is 0 Å². The van der Waals surface area contributed by atoms with Gasteiger partial charge in [0.2, 0.25) is 0 Å². The number of hydrogen-bond donors (Lipinski definition) is 1. The van der Waals surface area contributed by atoms with Crippen molar-refractivity contribution in [1.82, 2.24) is 5.32 Å². The number of rotatable bonds is 3. The highest BCUT2D eigenvalue weighted by atomic mass is 16.6. The highest BCUT2D eigenvalue weighted by molar-refractivity contribution is 5.91. The lowest BCUT2D eigenvalue weighted by atomic mass is 9.90. The molecule has 1 unspecified atom stereocenters. The van der Waals surface area contributed by atoms with E-state index in [9.17, 15) is 9.59 Å². The largest absolute Gasteiger partial charge is 0.456 e. The molecule has 1 aromatic rings. The molecule has 148 valence electrons. The third-order valence-corrected chi connectivity index (χ3v) is 4.00. The standard InChI is InChI=1S/C22H31NO4/c1-21(2,3)26-19(24)17-9-7-8-16(14-17)15-10-12-18(13-11-15)23-20(25)27-22(4,5)6/h7-10,14,18H,11-13H2,1-6H3,(H,23,25). The molecule has 1 atom stereocenters. The summed E-state index contributed by atoms with van der Waals surface area (Å²) >= 11 is 0. The maximum absolute atomic E-state index is 12.3. The quantitative estimate of drug-likeness (QED) is 0.749. The van der Waals surface area contributed by atoms with E-state index in [-0.39, 0.29) is 18.1 Å². The zero-order valence-corrected chi connectivity index (χ0v) is 17.2. The van der Waals surface area contributed by atoms with Crippen LogP contribution in [0, 0.1) is 0 Å². The number of hydrogen-bond acceptors (Lipinski definition) is 4. The second-order valence-corrected chi connectivity index (χ2v) is 8.93. The molecule has 0 saturated heterocycles. The molecule has 1 aliphatic carbocycles. The van der Waals surface area contributed by atoms with Crippen LogP contribution >= 0.6 is 0 Å². The van der Waals surface area contributed by atoms with Gasteiger partial charge in [0.25, 0.3) is 0 Å². The lowest BCUT2D eigenvalue weighted by Crippen LogP contribution is -2.39. The first kappa shape index (κ1) is 21.0. The summed E-state index contributed by atoms with van der Waals surface area (Å²) in [6, 6.07) is 7.59. The van der Waals surface area contributed by atoms with Crippen LogP contribution in [0.15, 0.2) is 30.3 Å². The summed E-state index contributed by atoms with van der Waals surface area (Å²) in [7, 11) is 0. The number of benzene rings is 1. The Morgan fingerprint density at radius 1 is 1.04 bits per heavy atom. The van der Waals surface area contributed by atoms with Gasteiger partial charge in [-0.2, -0.15) is 0 Å².